The molecule has 3 nitrogen and oxygen atoms in total. The van der Waals surface area contributed by atoms with Crippen LogP contribution in [0.25, 0.3) is 0 Å². The molecule has 0 amide bonds. The van der Waals surface area contributed by atoms with Crippen LogP contribution in [-0.2, 0) is 14.3 Å². The molecule has 0 heterocycles. The molecule has 2 aliphatic rings. The molecule has 0 radical (unpaired) electrons. The number of hydrogen-bond acceptors (Lipinski definition) is 3. The average molecular weight is 240 g/mol. The molecule has 3 atom stereocenters. The van der Waals surface area contributed by atoms with Gasteiger partial charge in [-0.25, -0.2) is 0 Å². The topological polar surface area (TPSA) is 35.5 Å². The first-order valence-corrected chi connectivity index (χ1v) is 6.64. The molecule has 3 heteroatoms. The fraction of sp³-hybridized carbons (Fsp3) is 0.929. The van der Waals surface area contributed by atoms with Crippen LogP contribution in [0.4, 0.5) is 0 Å². The maximum absolute atomic E-state index is 11.7. The molecule has 0 aliphatic heterocycles. The van der Waals surface area contributed by atoms with E-state index in [-0.39, 0.29) is 16.9 Å². The number of fused-ring (bicyclic) bond motifs is 1. The molecule has 0 unspecified atom stereocenters. The van der Waals surface area contributed by atoms with E-state index >= 15 is 0 Å². The number of hydrogen-bond donors (Lipinski definition) is 0. The first-order valence-electron chi connectivity index (χ1n) is 6.64. The van der Waals surface area contributed by atoms with Crippen molar-refractivity contribution in [2.75, 3.05) is 13.9 Å². The van der Waals surface area contributed by atoms with Crippen molar-refractivity contribution in [2.24, 2.45) is 10.8 Å². The molecule has 0 saturated heterocycles. The highest BCUT2D eigenvalue weighted by atomic mass is 16.7. The van der Waals surface area contributed by atoms with Gasteiger partial charge in [-0.15, -0.1) is 0 Å². The van der Waals surface area contributed by atoms with E-state index in [1.807, 2.05) is 0 Å². The zero-order valence-electron chi connectivity index (χ0n) is 11.3. The fourth-order valence-electron chi connectivity index (χ4n) is 3.76. The van der Waals surface area contributed by atoms with Gasteiger partial charge >= 0.3 is 0 Å². The Hall–Kier alpha value is -0.410. The number of carbonyl (C=O) groups is 1. The van der Waals surface area contributed by atoms with Crippen LogP contribution in [0.2, 0.25) is 0 Å². The minimum Gasteiger partial charge on any atom is -0.359 e. The molecule has 0 aromatic rings. The minimum absolute atomic E-state index is 0.124. The summed E-state index contributed by atoms with van der Waals surface area (Å²) in [7, 11) is 1.66. The van der Waals surface area contributed by atoms with Gasteiger partial charge in [-0.1, -0.05) is 20.3 Å². The van der Waals surface area contributed by atoms with Crippen molar-refractivity contribution in [1.82, 2.24) is 0 Å². The van der Waals surface area contributed by atoms with Crippen LogP contribution in [0.1, 0.15) is 52.4 Å². The Morgan fingerprint density at radius 1 is 1.35 bits per heavy atom. The number of rotatable bonds is 3. The number of ketones is 1. The Labute approximate surface area is 104 Å². The third-order valence-corrected chi connectivity index (χ3v) is 5.18. The molecule has 2 saturated carbocycles. The molecule has 2 aliphatic carbocycles. The van der Waals surface area contributed by atoms with E-state index in [2.05, 4.69) is 13.8 Å². The molecule has 0 bridgehead atoms. The summed E-state index contributed by atoms with van der Waals surface area (Å²) in [6, 6.07) is 0. The average Bonchev–Trinajstić information content (AvgIpc) is 2.28. The molecule has 2 rings (SSSR count). The quantitative estimate of drug-likeness (QED) is 0.711. The van der Waals surface area contributed by atoms with Gasteiger partial charge in [0.1, 0.15) is 12.6 Å². The van der Waals surface area contributed by atoms with E-state index < -0.39 is 0 Å². The number of carbonyl (C=O) groups excluding carboxylic acids is 1. The second-order valence-corrected chi connectivity index (χ2v) is 6.15. The Morgan fingerprint density at radius 3 is 2.82 bits per heavy atom. The molecule has 0 aromatic heterocycles. The Kier molecular flexibility index (Phi) is 3.60. The van der Waals surface area contributed by atoms with E-state index in [9.17, 15) is 4.79 Å². The first-order chi connectivity index (χ1) is 8.02. The van der Waals surface area contributed by atoms with Crippen LogP contribution in [0.5, 0.6) is 0 Å². The second-order valence-electron chi connectivity index (χ2n) is 6.15. The molecule has 0 spiro atoms. The van der Waals surface area contributed by atoms with Crippen LogP contribution in [0.15, 0.2) is 0 Å². The van der Waals surface area contributed by atoms with Crippen molar-refractivity contribution in [3.8, 4) is 0 Å². The largest absolute Gasteiger partial charge is 0.359 e. The van der Waals surface area contributed by atoms with Crippen LogP contribution in [-0.4, -0.2) is 25.8 Å². The summed E-state index contributed by atoms with van der Waals surface area (Å²) in [6.07, 6.45) is 6.08. The number of methoxy groups -OCH3 is 1. The zero-order valence-corrected chi connectivity index (χ0v) is 11.3. The number of Topliss-reactive ketones (excluding diaryl/α,β-unsaturated/α-hetero) is 1. The van der Waals surface area contributed by atoms with Crippen LogP contribution in [0.3, 0.4) is 0 Å². The monoisotopic (exact) mass is 240 g/mol. The van der Waals surface area contributed by atoms with Gasteiger partial charge in [-0.05, 0) is 24.7 Å². The summed E-state index contributed by atoms with van der Waals surface area (Å²) in [5.74, 6) is 0.428. The highest BCUT2D eigenvalue weighted by Gasteiger charge is 2.54. The first kappa shape index (κ1) is 13.0. The maximum Gasteiger partial charge on any atom is 0.146 e. The Bertz CT molecular complexity index is 302. The summed E-state index contributed by atoms with van der Waals surface area (Å²) in [6.45, 7) is 4.94. The summed E-state index contributed by atoms with van der Waals surface area (Å²) in [5, 5.41) is 0. The molecule has 98 valence electrons. The lowest BCUT2D eigenvalue weighted by Crippen LogP contribution is -2.54. The molecular weight excluding hydrogens is 216 g/mol. The third-order valence-electron chi connectivity index (χ3n) is 5.18. The predicted octanol–water partition coefficient (Wildman–Crippen LogP) is 2.93. The molecule has 0 aromatic carbocycles. The van der Waals surface area contributed by atoms with E-state index in [1.165, 1.54) is 0 Å². The highest BCUT2D eigenvalue weighted by Crippen LogP contribution is 2.58. The Morgan fingerprint density at radius 2 is 2.12 bits per heavy atom. The van der Waals surface area contributed by atoms with E-state index in [0.717, 1.165) is 38.5 Å². The summed E-state index contributed by atoms with van der Waals surface area (Å²) < 4.78 is 10.9. The van der Waals surface area contributed by atoms with Gasteiger partial charge in [0.15, 0.2) is 0 Å². The SMILES string of the molecule is COCO[C@@H]1CCC[C@]2(C)CC(=O)CC[C@]12C. The summed E-state index contributed by atoms with van der Waals surface area (Å²) >= 11 is 0. The van der Waals surface area contributed by atoms with Gasteiger partial charge in [-0.2, -0.15) is 0 Å². The summed E-state index contributed by atoms with van der Waals surface area (Å²) in [5.41, 5.74) is 0.261. The minimum atomic E-state index is 0.124. The zero-order chi connectivity index (χ0) is 12.5. The van der Waals surface area contributed by atoms with Crippen LogP contribution < -0.4 is 0 Å². The second kappa shape index (κ2) is 4.69. The van der Waals surface area contributed by atoms with Crippen molar-refractivity contribution in [3.63, 3.8) is 0 Å². The van der Waals surface area contributed by atoms with E-state index in [1.54, 1.807) is 7.11 Å². The van der Waals surface area contributed by atoms with Crippen molar-refractivity contribution in [1.29, 1.82) is 0 Å². The Balaban J connectivity index is 2.18. The predicted molar refractivity (Wildman–Crippen MR) is 65.7 cm³/mol. The smallest absolute Gasteiger partial charge is 0.146 e. The lowest BCUT2D eigenvalue weighted by molar-refractivity contribution is -0.184. The number of ether oxygens (including phenoxy) is 2. The van der Waals surface area contributed by atoms with Gasteiger partial charge in [-0.3, -0.25) is 4.79 Å². The lowest BCUT2D eigenvalue weighted by Gasteiger charge is -2.56. The van der Waals surface area contributed by atoms with Gasteiger partial charge in [0.2, 0.25) is 0 Å². The maximum atomic E-state index is 11.7. The van der Waals surface area contributed by atoms with Crippen molar-refractivity contribution in [2.45, 2.75) is 58.5 Å². The summed E-state index contributed by atoms with van der Waals surface area (Å²) in [4.78, 5) is 11.7. The van der Waals surface area contributed by atoms with Gasteiger partial charge < -0.3 is 9.47 Å². The van der Waals surface area contributed by atoms with Crippen molar-refractivity contribution < 1.29 is 14.3 Å². The standard InChI is InChI=1S/C14H24O3/c1-13-7-4-5-12(17-10-16-3)14(13,2)8-6-11(15)9-13/h12H,4-10H2,1-3H3/t12-,13-,14-/m1/s1. The highest BCUT2D eigenvalue weighted by molar-refractivity contribution is 5.80. The lowest BCUT2D eigenvalue weighted by atomic mass is 9.50. The molecule has 2 fully saturated rings. The molecule has 17 heavy (non-hydrogen) atoms. The van der Waals surface area contributed by atoms with Gasteiger partial charge in [0.25, 0.3) is 0 Å². The van der Waals surface area contributed by atoms with Crippen LogP contribution >= 0.6 is 0 Å². The van der Waals surface area contributed by atoms with Gasteiger partial charge in [0, 0.05) is 25.4 Å². The van der Waals surface area contributed by atoms with E-state index in [4.69, 9.17) is 9.47 Å². The van der Waals surface area contributed by atoms with Crippen LogP contribution in [0, 0.1) is 10.8 Å². The fourth-order valence-corrected chi connectivity index (χ4v) is 3.76. The molecule has 0 N–H and O–H groups in total. The van der Waals surface area contributed by atoms with Crippen molar-refractivity contribution >= 4 is 5.78 Å². The van der Waals surface area contributed by atoms with E-state index in [0.29, 0.717) is 12.6 Å². The van der Waals surface area contributed by atoms with Gasteiger partial charge in [0.05, 0.1) is 6.10 Å². The van der Waals surface area contributed by atoms with Crippen molar-refractivity contribution in [3.05, 3.63) is 0 Å². The normalized spacial score (nSPS) is 42.3. The molecular formula is C14H24O3. The third kappa shape index (κ3) is 2.15.